The first-order valence-corrected chi connectivity index (χ1v) is 2.68. The SMILES string of the molecule is O[Si](O)(O)O.[Ba+2].[Ca+2].[H-].[H-].[H-].[H-].[H-].[H-].[Mg+2]. The van der Waals surface area contributed by atoms with Gasteiger partial charge in [0.15, 0.2) is 0 Å². The Kier molecular flexibility index (Phi) is 30.1. The van der Waals surface area contributed by atoms with Crippen molar-refractivity contribution in [1.82, 2.24) is 0 Å². The van der Waals surface area contributed by atoms with Gasteiger partial charge in [-0.1, -0.05) is 0 Å². The Labute approximate surface area is 143 Å². The van der Waals surface area contributed by atoms with E-state index >= 15 is 0 Å². The average Bonchev–Trinajstić information content (AvgIpc) is 0.722. The Morgan fingerprint density at radius 3 is 1.00 bits per heavy atom. The molecule has 0 saturated heterocycles. The average molecular weight is 304 g/mol. The standard InChI is InChI=1S/Ba.Ca.Mg.H4O4Si.6H/c;;;1-5(2,3)4;;;;;;/h;;;1-4H;;;;;;/q3*+2;;6*-1. The molecule has 0 aromatic carbocycles. The van der Waals surface area contributed by atoms with Crippen molar-refractivity contribution in [2.24, 2.45) is 0 Å². The Morgan fingerprint density at radius 1 is 1.00 bits per heavy atom. The minimum atomic E-state index is -4.61. The molecule has 0 fully saturated rings. The van der Waals surface area contributed by atoms with Crippen molar-refractivity contribution in [3.8, 4) is 0 Å². The van der Waals surface area contributed by atoms with Crippen LogP contribution in [0.4, 0.5) is 0 Å². The zero-order valence-electron chi connectivity index (χ0n) is 10.4. The van der Waals surface area contributed by atoms with E-state index in [1.165, 1.54) is 0 Å². The molecule has 0 aliphatic carbocycles. The molecule has 8 heavy (non-hydrogen) atoms. The largest absolute Gasteiger partial charge is 2.00 e. The van der Waals surface area contributed by atoms with E-state index in [9.17, 15) is 0 Å². The fourth-order valence-corrected chi connectivity index (χ4v) is 0. The molecule has 0 amide bonds. The quantitative estimate of drug-likeness (QED) is 0.358. The summed E-state index contributed by atoms with van der Waals surface area (Å²) < 4.78 is 0. The molecule has 4 N–H and O–H groups in total. The van der Waals surface area contributed by atoms with Crippen LogP contribution in [0.2, 0.25) is 0 Å². The van der Waals surface area contributed by atoms with E-state index in [2.05, 4.69) is 0 Å². The second-order valence-corrected chi connectivity index (χ2v) is 1.80. The van der Waals surface area contributed by atoms with Gasteiger partial charge in [-0.25, -0.2) is 0 Å². The first-order valence-electron chi connectivity index (χ1n) is 0.894. The van der Waals surface area contributed by atoms with Crippen molar-refractivity contribution in [1.29, 1.82) is 0 Å². The molecule has 4 nitrogen and oxygen atoms in total. The zero-order chi connectivity index (χ0) is 4.50. The van der Waals surface area contributed by atoms with Gasteiger partial charge in [-0.15, -0.1) is 0 Å². The molecule has 0 spiro atoms. The third kappa shape index (κ3) is 54.1. The maximum Gasteiger partial charge on any atom is 2.00 e. The molecule has 0 rings (SSSR count). The molecule has 0 heterocycles. The second kappa shape index (κ2) is 10.7. The summed E-state index contributed by atoms with van der Waals surface area (Å²) in [5, 5.41) is 0. The summed E-state index contributed by atoms with van der Waals surface area (Å²) in [4.78, 5) is 29.3. The fourth-order valence-electron chi connectivity index (χ4n) is 0. The molecular formula is H10BaCaMgO4Si. The predicted octanol–water partition coefficient (Wildman–Crippen LogP) is -3.08. The van der Waals surface area contributed by atoms with E-state index in [4.69, 9.17) is 19.2 Å². The van der Waals surface area contributed by atoms with Gasteiger partial charge in [-0.05, 0) is 0 Å². The van der Waals surface area contributed by atoms with Crippen LogP contribution in [0.25, 0.3) is 0 Å². The molecular weight excluding hydrogens is 294 g/mol. The van der Waals surface area contributed by atoms with Gasteiger partial charge >= 0.3 is 119 Å². The zero-order valence-corrected chi connectivity index (χ0v) is 13.5. The van der Waals surface area contributed by atoms with Crippen LogP contribution in [0.1, 0.15) is 8.56 Å². The van der Waals surface area contributed by atoms with Gasteiger partial charge < -0.3 is 27.7 Å². The number of hydrogen-bond donors (Lipinski definition) is 4. The van der Waals surface area contributed by atoms with Gasteiger partial charge in [0.05, 0.1) is 0 Å². The van der Waals surface area contributed by atoms with Crippen LogP contribution in [0, 0.1) is 0 Å². The Hall–Kier alpha value is 3.65. The van der Waals surface area contributed by atoms with Crippen molar-refractivity contribution < 1.29 is 27.7 Å². The number of rotatable bonds is 0. The fraction of sp³-hybridized carbons (Fsp3) is 0. The topological polar surface area (TPSA) is 80.9 Å². The van der Waals surface area contributed by atoms with Crippen LogP contribution in [0.3, 0.4) is 0 Å². The van der Waals surface area contributed by atoms with Crippen molar-refractivity contribution in [2.45, 2.75) is 0 Å². The number of hydrogen-bond acceptors (Lipinski definition) is 4. The van der Waals surface area contributed by atoms with E-state index < -0.39 is 9.05 Å². The van der Waals surface area contributed by atoms with Crippen LogP contribution < -0.4 is 0 Å². The normalized spacial score (nSPS) is 7.50. The molecule has 0 saturated carbocycles. The Balaban J connectivity index is -0.00000000222. The van der Waals surface area contributed by atoms with Gasteiger partial charge in [0.25, 0.3) is 0 Å². The maximum atomic E-state index is 7.33. The van der Waals surface area contributed by atoms with E-state index in [1.807, 2.05) is 0 Å². The molecule has 8 heteroatoms. The van der Waals surface area contributed by atoms with Crippen LogP contribution in [-0.4, -0.2) is 138 Å². The van der Waals surface area contributed by atoms with Crippen molar-refractivity contribution in [2.75, 3.05) is 0 Å². The molecule has 0 unspecified atom stereocenters. The van der Waals surface area contributed by atoms with E-state index in [0.717, 1.165) is 0 Å². The van der Waals surface area contributed by atoms with Gasteiger partial charge in [-0.2, -0.15) is 0 Å². The Bertz CT molecular complexity index is 45.3. The van der Waals surface area contributed by atoms with E-state index in [-0.39, 0.29) is 118 Å². The van der Waals surface area contributed by atoms with Crippen LogP contribution in [0.5, 0.6) is 0 Å². The summed E-state index contributed by atoms with van der Waals surface area (Å²) in [6.07, 6.45) is 0. The third-order valence-electron chi connectivity index (χ3n) is 0. The molecule has 0 aromatic rings. The summed E-state index contributed by atoms with van der Waals surface area (Å²) in [5.74, 6) is 0. The monoisotopic (exact) mass is 304 g/mol. The van der Waals surface area contributed by atoms with Crippen molar-refractivity contribution in [3.05, 3.63) is 0 Å². The molecule has 0 aromatic heterocycles. The summed E-state index contributed by atoms with van der Waals surface area (Å²) in [6, 6.07) is 0. The molecule has 44 valence electrons. The van der Waals surface area contributed by atoms with Gasteiger partial charge in [-0.3, -0.25) is 0 Å². The molecule has 0 atom stereocenters. The molecule has 0 aliphatic rings. The van der Waals surface area contributed by atoms with Crippen molar-refractivity contribution >= 4 is 119 Å². The smallest absolute Gasteiger partial charge is 1.00 e. The van der Waals surface area contributed by atoms with Crippen molar-refractivity contribution in [3.63, 3.8) is 0 Å². The molecule has 0 aliphatic heterocycles. The van der Waals surface area contributed by atoms with E-state index in [0.29, 0.717) is 0 Å². The predicted molar refractivity (Wildman–Crippen MR) is 38.6 cm³/mol. The third-order valence-corrected chi connectivity index (χ3v) is 0. The molecule has 0 bridgehead atoms. The van der Waals surface area contributed by atoms with Crippen LogP contribution in [0.15, 0.2) is 0 Å². The molecule has 0 radical (unpaired) electrons. The first kappa shape index (κ1) is 22.6. The van der Waals surface area contributed by atoms with Crippen LogP contribution in [-0.2, 0) is 0 Å². The van der Waals surface area contributed by atoms with Crippen LogP contribution >= 0.6 is 0 Å². The Morgan fingerprint density at radius 2 is 1.00 bits per heavy atom. The minimum Gasteiger partial charge on any atom is -1.00 e. The summed E-state index contributed by atoms with van der Waals surface area (Å²) >= 11 is 0. The summed E-state index contributed by atoms with van der Waals surface area (Å²) in [7, 11) is -4.61. The maximum absolute atomic E-state index is 7.33. The summed E-state index contributed by atoms with van der Waals surface area (Å²) in [6.45, 7) is 0. The first-order chi connectivity index (χ1) is 2.00. The van der Waals surface area contributed by atoms with E-state index in [1.54, 1.807) is 0 Å². The minimum absolute atomic E-state index is 0. The van der Waals surface area contributed by atoms with Gasteiger partial charge in [0.1, 0.15) is 0 Å². The second-order valence-electron chi connectivity index (χ2n) is 0.600. The van der Waals surface area contributed by atoms with Gasteiger partial charge in [0, 0.05) is 0 Å². The van der Waals surface area contributed by atoms with Gasteiger partial charge in [0.2, 0.25) is 0 Å². The summed E-state index contributed by atoms with van der Waals surface area (Å²) in [5.41, 5.74) is 0.